The molecule has 15 nitrogen and oxygen atoms in total. The van der Waals surface area contributed by atoms with E-state index in [1.807, 2.05) is 77.8 Å². The SMILES string of the molecule is COC(=O)N[C@H](C(=O)N1CCC[C@H]1C1=NC=C(c2cc3c4c(c2)OCc2cc(-c5cnc([C@@H]6CCCN6C(=O)[C@@H](NC(=O)OC)c6ccccc6)[nH]5)cc(c2-4)OC3)C1)c1ccccc1. The van der Waals surface area contributed by atoms with Crippen LogP contribution < -0.4 is 20.1 Å². The summed E-state index contributed by atoms with van der Waals surface area (Å²) >= 11 is 0. The molecule has 0 aliphatic carbocycles. The van der Waals surface area contributed by atoms with E-state index in [0.29, 0.717) is 49.7 Å². The van der Waals surface area contributed by atoms with Crippen LogP contribution in [0.5, 0.6) is 11.5 Å². The molecule has 4 atom stereocenters. The predicted molar refractivity (Wildman–Crippen MR) is 236 cm³/mol. The van der Waals surface area contributed by atoms with Gasteiger partial charge < -0.3 is 44.4 Å². The molecular weight excluding hydrogens is 815 g/mol. The van der Waals surface area contributed by atoms with E-state index in [2.05, 4.69) is 33.8 Å². The van der Waals surface area contributed by atoms with E-state index in [1.54, 1.807) is 11.1 Å². The minimum absolute atomic E-state index is 0.194. The van der Waals surface area contributed by atoms with Crippen LogP contribution in [0.2, 0.25) is 0 Å². The lowest BCUT2D eigenvalue weighted by atomic mass is 9.86. The van der Waals surface area contributed by atoms with Crippen molar-refractivity contribution in [1.29, 1.82) is 0 Å². The molecule has 0 bridgehead atoms. The van der Waals surface area contributed by atoms with Gasteiger partial charge in [-0.1, -0.05) is 60.7 Å². The Bertz CT molecular complexity index is 2670. The number of benzene rings is 4. The molecule has 0 unspecified atom stereocenters. The zero-order valence-electron chi connectivity index (χ0n) is 35.5. The normalized spacial score (nSPS) is 19.0. The van der Waals surface area contributed by atoms with Gasteiger partial charge in [0, 0.05) is 59.2 Å². The summed E-state index contributed by atoms with van der Waals surface area (Å²) in [6.07, 6.45) is 6.04. The molecule has 5 aliphatic heterocycles. The molecule has 5 aromatic rings. The molecule has 2 saturated heterocycles. The first kappa shape index (κ1) is 40.6. The van der Waals surface area contributed by atoms with E-state index in [4.69, 9.17) is 28.9 Å². The van der Waals surface area contributed by atoms with E-state index in [0.717, 1.165) is 87.5 Å². The Morgan fingerprint density at radius 2 is 1.25 bits per heavy atom. The molecule has 1 aromatic heterocycles. The number of methoxy groups -OCH3 is 2. The van der Waals surface area contributed by atoms with E-state index in [9.17, 15) is 19.2 Å². The fraction of sp³-hybridized carbons (Fsp3) is 0.306. The maximum Gasteiger partial charge on any atom is 0.407 e. The average Bonchev–Trinajstić information content (AvgIpc) is 4.19. The molecule has 4 amide bonds. The van der Waals surface area contributed by atoms with Crippen LogP contribution in [0.4, 0.5) is 9.59 Å². The molecule has 5 aliphatic rings. The number of likely N-dealkylation sites (tertiary alicyclic amines) is 2. The summed E-state index contributed by atoms with van der Waals surface area (Å²) in [4.78, 5) is 69.5. The van der Waals surface area contributed by atoms with Gasteiger partial charge in [0.15, 0.2) is 0 Å². The van der Waals surface area contributed by atoms with Gasteiger partial charge in [0.2, 0.25) is 5.91 Å². The van der Waals surface area contributed by atoms with Gasteiger partial charge >= 0.3 is 12.2 Å². The van der Waals surface area contributed by atoms with Crippen molar-refractivity contribution >= 4 is 35.3 Å². The molecule has 64 heavy (non-hydrogen) atoms. The van der Waals surface area contributed by atoms with Crippen molar-refractivity contribution in [3.63, 3.8) is 0 Å². The second-order valence-electron chi connectivity index (χ2n) is 16.6. The van der Waals surface area contributed by atoms with Crippen molar-refractivity contribution in [2.75, 3.05) is 27.3 Å². The summed E-state index contributed by atoms with van der Waals surface area (Å²) in [7, 11) is 2.56. The highest BCUT2D eigenvalue weighted by Gasteiger charge is 2.40. The molecule has 0 radical (unpaired) electrons. The lowest BCUT2D eigenvalue weighted by Gasteiger charge is -2.31. The molecule has 15 heteroatoms. The largest absolute Gasteiger partial charge is 0.488 e. The number of carbonyl (C=O) groups is 4. The number of imidazole rings is 1. The van der Waals surface area contributed by atoms with E-state index >= 15 is 0 Å². The van der Waals surface area contributed by atoms with Crippen LogP contribution in [-0.2, 0) is 32.3 Å². The number of ether oxygens (including phenoxy) is 4. The second kappa shape index (κ2) is 17.0. The number of carbonyl (C=O) groups excluding carboxylic acids is 4. The number of aromatic amines is 1. The smallest absolute Gasteiger partial charge is 0.407 e. The third-order valence-corrected chi connectivity index (χ3v) is 12.8. The van der Waals surface area contributed by atoms with Gasteiger partial charge in [-0.15, -0.1) is 0 Å². The number of nitrogens with one attached hydrogen (secondary N) is 3. The number of hydrogen-bond donors (Lipinski definition) is 3. The van der Waals surface area contributed by atoms with Gasteiger partial charge in [-0.3, -0.25) is 14.6 Å². The van der Waals surface area contributed by atoms with Crippen LogP contribution in [0.1, 0.15) is 83.9 Å². The topological polar surface area (TPSA) is 177 Å². The van der Waals surface area contributed by atoms with Crippen LogP contribution in [0, 0.1) is 0 Å². The zero-order valence-corrected chi connectivity index (χ0v) is 35.5. The molecule has 4 aromatic carbocycles. The number of H-pyrrole nitrogens is 1. The highest BCUT2D eigenvalue weighted by molar-refractivity contribution is 6.04. The summed E-state index contributed by atoms with van der Waals surface area (Å²) in [5.41, 5.74) is 10.0. The van der Waals surface area contributed by atoms with Gasteiger partial charge in [0.1, 0.15) is 42.6 Å². The van der Waals surface area contributed by atoms with Gasteiger partial charge in [0.25, 0.3) is 5.91 Å². The molecule has 0 spiro atoms. The Labute approximate surface area is 369 Å². The predicted octanol–water partition coefficient (Wildman–Crippen LogP) is 7.56. The maximum atomic E-state index is 14.1. The monoisotopic (exact) mass is 861 g/mol. The van der Waals surface area contributed by atoms with Gasteiger partial charge in [-0.2, -0.15) is 0 Å². The summed E-state index contributed by atoms with van der Waals surface area (Å²) in [6.45, 7) is 1.79. The fourth-order valence-corrected chi connectivity index (χ4v) is 9.74. The first-order chi connectivity index (χ1) is 31.3. The third-order valence-electron chi connectivity index (χ3n) is 12.8. The number of aromatic nitrogens is 2. The number of amides is 4. The molecule has 326 valence electrons. The highest BCUT2D eigenvalue weighted by Crippen LogP contribution is 2.51. The van der Waals surface area contributed by atoms with Crippen molar-refractivity contribution in [2.45, 2.75) is 69.5 Å². The molecule has 10 rings (SSSR count). The Hall–Kier alpha value is -7.42. The molecule has 0 saturated carbocycles. The Morgan fingerprint density at radius 3 is 1.83 bits per heavy atom. The number of allylic oxidation sites excluding steroid dienone is 1. The first-order valence-electron chi connectivity index (χ1n) is 21.6. The molecule has 2 fully saturated rings. The number of rotatable bonds is 10. The van der Waals surface area contributed by atoms with E-state index < -0.39 is 24.3 Å². The van der Waals surface area contributed by atoms with Crippen molar-refractivity contribution in [3.8, 4) is 33.9 Å². The number of aliphatic imine (C=N–C) groups is 1. The summed E-state index contributed by atoms with van der Waals surface area (Å²) in [6, 6.07) is 24.5. The zero-order chi connectivity index (χ0) is 43.9. The molecule has 3 N–H and O–H groups in total. The Kier molecular flexibility index (Phi) is 10.8. The lowest BCUT2D eigenvalue weighted by Crippen LogP contribution is -2.47. The standard InChI is InChI=1S/C49H47N7O8/c1-61-48(59)53-43(28-11-5-3-6-12-28)46(57)55-17-9-15-37(55)35-21-32(24-50-35)30-19-33-26-64-40-23-31(20-34-27-63-39(22-30)41(33)42(34)40)36-25-51-45(52-36)38-16-10-18-56(38)47(58)44(54-49(60)62-2)29-13-7-4-8-14-29/h3-8,11-14,19-20,22-25,37-38,43-44H,9-10,15-18,21,26-27H2,1-2H3,(H,51,52)(H,53,59)(H,54,60)/t37-,38-,43-,44-/m0/s1. The number of hydrogen-bond acceptors (Lipinski definition) is 10. The van der Waals surface area contributed by atoms with Crippen molar-refractivity contribution in [3.05, 3.63) is 131 Å². The Balaban J connectivity index is 0.852. The van der Waals surface area contributed by atoms with Gasteiger partial charge in [0.05, 0.1) is 38.2 Å². The molecular formula is C49H47N7O8. The average molecular weight is 862 g/mol. The quantitative estimate of drug-likeness (QED) is 0.128. The summed E-state index contributed by atoms with van der Waals surface area (Å²) in [5.74, 6) is 1.79. The van der Waals surface area contributed by atoms with Crippen LogP contribution in [0.25, 0.3) is 28.0 Å². The van der Waals surface area contributed by atoms with Crippen molar-refractivity contribution in [1.82, 2.24) is 30.4 Å². The van der Waals surface area contributed by atoms with E-state index in [1.165, 1.54) is 14.2 Å². The van der Waals surface area contributed by atoms with E-state index in [-0.39, 0.29) is 23.9 Å². The highest BCUT2D eigenvalue weighted by atomic mass is 16.5. The fourth-order valence-electron chi connectivity index (χ4n) is 9.74. The van der Waals surface area contributed by atoms with Crippen LogP contribution in [0.15, 0.2) is 102 Å². The van der Waals surface area contributed by atoms with Crippen molar-refractivity contribution < 1.29 is 38.1 Å². The third kappa shape index (κ3) is 7.50. The first-order valence-corrected chi connectivity index (χ1v) is 21.6. The van der Waals surface area contributed by atoms with Crippen molar-refractivity contribution in [2.24, 2.45) is 4.99 Å². The summed E-state index contributed by atoms with van der Waals surface area (Å²) < 4.78 is 22.7. The van der Waals surface area contributed by atoms with Crippen LogP contribution in [-0.4, -0.2) is 82.8 Å². The van der Waals surface area contributed by atoms with Crippen LogP contribution in [0.3, 0.4) is 0 Å². The minimum atomic E-state index is -0.905. The minimum Gasteiger partial charge on any atom is -0.488 e. The molecule has 6 heterocycles. The maximum absolute atomic E-state index is 14.1. The number of alkyl carbamates (subject to hydrolysis) is 2. The lowest BCUT2D eigenvalue weighted by molar-refractivity contribution is -0.135. The Morgan fingerprint density at radius 1 is 0.719 bits per heavy atom. The second-order valence-corrected chi connectivity index (χ2v) is 16.6. The number of nitrogens with zero attached hydrogens (tertiary/aromatic N) is 4. The summed E-state index contributed by atoms with van der Waals surface area (Å²) in [5, 5.41) is 5.46. The van der Waals surface area contributed by atoms with Gasteiger partial charge in [-0.25, -0.2) is 14.6 Å². The van der Waals surface area contributed by atoms with Gasteiger partial charge in [-0.05, 0) is 72.2 Å². The van der Waals surface area contributed by atoms with Crippen LogP contribution >= 0.6 is 0 Å².